The average Bonchev–Trinajstić information content (AvgIpc) is 2.72. The molecule has 1 saturated heterocycles. The van der Waals surface area contributed by atoms with Crippen molar-refractivity contribution in [2.45, 2.75) is 39.3 Å². The second-order valence-corrected chi connectivity index (χ2v) is 7.18. The number of hydrogen-bond acceptors (Lipinski definition) is 3. The highest BCUT2D eigenvalue weighted by atomic mass is 127. The monoisotopic (exact) mass is 513 g/mol. The van der Waals surface area contributed by atoms with Gasteiger partial charge in [-0.2, -0.15) is 0 Å². The molecule has 0 aliphatic carbocycles. The fraction of sp³-hybridized carbons (Fsp3) is 0.429. The number of aromatic nitrogens is 1. The van der Waals surface area contributed by atoms with Gasteiger partial charge < -0.3 is 15.5 Å². The topological polar surface area (TPSA) is 52.6 Å². The average molecular weight is 514 g/mol. The summed E-state index contributed by atoms with van der Waals surface area (Å²) in [5, 5.41) is 7.43. The van der Waals surface area contributed by atoms with Gasteiger partial charge in [-0.3, -0.25) is 0 Å². The highest BCUT2D eigenvalue weighted by molar-refractivity contribution is 14.0. The summed E-state index contributed by atoms with van der Waals surface area (Å²) in [6.07, 6.45) is 5.72. The Labute approximate surface area is 190 Å². The smallest absolute Gasteiger partial charge is 0.191 e. The van der Waals surface area contributed by atoms with Crippen molar-refractivity contribution in [2.75, 3.05) is 24.5 Å². The molecule has 5 nitrogen and oxygen atoms in total. The zero-order valence-electron chi connectivity index (χ0n) is 16.3. The summed E-state index contributed by atoms with van der Waals surface area (Å²) in [5.41, 5.74) is 2.34. The third-order valence-corrected chi connectivity index (χ3v) is 4.88. The molecule has 2 heterocycles. The molecule has 0 spiro atoms. The minimum absolute atomic E-state index is 0. The molecule has 1 aliphatic heterocycles. The second kappa shape index (κ2) is 12.1. The van der Waals surface area contributed by atoms with Crippen LogP contribution in [-0.4, -0.2) is 30.6 Å². The van der Waals surface area contributed by atoms with Crippen LogP contribution in [-0.2, 0) is 13.1 Å². The van der Waals surface area contributed by atoms with Gasteiger partial charge in [0.1, 0.15) is 5.82 Å². The number of benzene rings is 1. The van der Waals surface area contributed by atoms with E-state index in [9.17, 15) is 0 Å². The fourth-order valence-electron chi connectivity index (χ4n) is 3.16. The zero-order valence-corrected chi connectivity index (χ0v) is 19.4. The van der Waals surface area contributed by atoms with Crippen LogP contribution in [0.1, 0.15) is 37.3 Å². The van der Waals surface area contributed by atoms with E-state index in [2.05, 4.69) is 33.5 Å². The Hall–Kier alpha value is -1.54. The molecule has 0 saturated carbocycles. The Morgan fingerprint density at radius 2 is 1.82 bits per heavy atom. The Bertz CT molecular complexity index is 745. The van der Waals surface area contributed by atoms with Crippen molar-refractivity contribution in [1.82, 2.24) is 15.6 Å². The first kappa shape index (κ1) is 22.7. The summed E-state index contributed by atoms with van der Waals surface area (Å²) in [5.74, 6) is 1.88. The maximum atomic E-state index is 5.95. The lowest BCUT2D eigenvalue weighted by molar-refractivity contribution is 0.573. The summed E-state index contributed by atoms with van der Waals surface area (Å²) in [6, 6.07) is 12.1. The molecule has 1 aromatic heterocycles. The van der Waals surface area contributed by atoms with Crippen molar-refractivity contribution >= 4 is 47.4 Å². The number of nitrogens with zero attached hydrogens (tertiary/aromatic N) is 3. The standard InChI is InChI=1S/C21H28ClN5.HI/c1-2-23-21(25-15-17-6-8-19(22)9-7-17)26-16-18-10-11-24-20(14-18)27-12-4-3-5-13-27;/h6-11,14H,2-5,12-13,15-16H2,1H3,(H2,23,25,26);1H. The van der Waals surface area contributed by atoms with E-state index >= 15 is 0 Å². The number of rotatable bonds is 6. The molecule has 28 heavy (non-hydrogen) atoms. The van der Waals surface area contributed by atoms with Gasteiger partial charge in [0, 0.05) is 37.4 Å². The lowest BCUT2D eigenvalue weighted by atomic mass is 10.1. The normalized spacial score (nSPS) is 14.4. The molecule has 7 heteroatoms. The first-order valence-electron chi connectivity index (χ1n) is 9.71. The number of aliphatic imine (C=N–C) groups is 1. The van der Waals surface area contributed by atoms with Gasteiger partial charge in [-0.05, 0) is 61.6 Å². The molecule has 2 aromatic rings. The molecule has 152 valence electrons. The van der Waals surface area contributed by atoms with Crippen LogP contribution < -0.4 is 15.5 Å². The van der Waals surface area contributed by atoms with E-state index < -0.39 is 0 Å². The van der Waals surface area contributed by atoms with E-state index in [4.69, 9.17) is 16.6 Å². The molecular weight excluding hydrogens is 485 g/mol. The van der Waals surface area contributed by atoms with Crippen LogP contribution in [0, 0.1) is 0 Å². The molecule has 0 amide bonds. The number of piperidine rings is 1. The highest BCUT2D eigenvalue weighted by Gasteiger charge is 2.12. The minimum atomic E-state index is 0. The van der Waals surface area contributed by atoms with Gasteiger partial charge in [0.25, 0.3) is 0 Å². The van der Waals surface area contributed by atoms with Crippen molar-refractivity contribution in [3.63, 3.8) is 0 Å². The first-order chi connectivity index (χ1) is 13.2. The molecule has 1 aliphatic rings. The number of guanidine groups is 1. The predicted octanol–water partition coefficient (Wildman–Crippen LogP) is 4.60. The maximum Gasteiger partial charge on any atom is 0.191 e. The van der Waals surface area contributed by atoms with Crippen LogP contribution in [0.5, 0.6) is 0 Å². The quantitative estimate of drug-likeness (QED) is 0.337. The molecule has 3 rings (SSSR count). The Morgan fingerprint density at radius 1 is 1.07 bits per heavy atom. The van der Waals surface area contributed by atoms with E-state index in [0.717, 1.165) is 36.4 Å². The second-order valence-electron chi connectivity index (χ2n) is 6.75. The van der Waals surface area contributed by atoms with Crippen LogP contribution in [0.3, 0.4) is 0 Å². The molecule has 2 N–H and O–H groups in total. The van der Waals surface area contributed by atoms with Gasteiger partial charge in [-0.25, -0.2) is 9.98 Å². The number of pyridine rings is 1. The number of anilines is 1. The van der Waals surface area contributed by atoms with Crippen LogP contribution in [0.25, 0.3) is 0 Å². The fourth-order valence-corrected chi connectivity index (χ4v) is 3.28. The molecule has 0 atom stereocenters. The van der Waals surface area contributed by atoms with Crippen molar-refractivity contribution in [3.8, 4) is 0 Å². The molecule has 0 radical (unpaired) electrons. The van der Waals surface area contributed by atoms with E-state index in [1.54, 1.807) is 0 Å². The summed E-state index contributed by atoms with van der Waals surface area (Å²) in [6.45, 7) is 6.43. The van der Waals surface area contributed by atoms with Gasteiger partial charge in [-0.1, -0.05) is 23.7 Å². The van der Waals surface area contributed by atoms with Crippen molar-refractivity contribution < 1.29 is 0 Å². The van der Waals surface area contributed by atoms with Gasteiger partial charge >= 0.3 is 0 Å². The first-order valence-corrected chi connectivity index (χ1v) is 10.1. The maximum absolute atomic E-state index is 5.95. The van der Waals surface area contributed by atoms with Crippen LogP contribution in [0.15, 0.2) is 47.6 Å². The third-order valence-electron chi connectivity index (χ3n) is 4.63. The Kier molecular flexibility index (Phi) is 9.84. The van der Waals surface area contributed by atoms with Gasteiger partial charge in [0.05, 0.1) is 6.54 Å². The summed E-state index contributed by atoms with van der Waals surface area (Å²) in [7, 11) is 0. The summed E-state index contributed by atoms with van der Waals surface area (Å²) >= 11 is 5.95. The summed E-state index contributed by atoms with van der Waals surface area (Å²) in [4.78, 5) is 11.6. The lowest BCUT2D eigenvalue weighted by Crippen LogP contribution is -2.36. The number of halogens is 2. The van der Waals surface area contributed by atoms with E-state index in [1.807, 2.05) is 36.5 Å². The van der Waals surface area contributed by atoms with Crippen LogP contribution >= 0.6 is 35.6 Å². The highest BCUT2D eigenvalue weighted by Crippen LogP contribution is 2.18. The predicted molar refractivity (Wildman–Crippen MR) is 129 cm³/mol. The molecular formula is C21H29ClIN5. The molecule has 1 fully saturated rings. The third kappa shape index (κ3) is 7.13. The number of hydrogen-bond donors (Lipinski definition) is 2. The van der Waals surface area contributed by atoms with Gasteiger partial charge in [0.15, 0.2) is 5.96 Å². The van der Waals surface area contributed by atoms with E-state index in [0.29, 0.717) is 13.1 Å². The minimum Gasteiger partial charge on any atom is -0.357 e. The van der Waals surface area contributed by atoms with Crippen molar-refractivity contribution in [2.24, 2.45) is 4.99 Å². The van der Waals surface area contributed by atoms with Gasteiger partial charge in [-0.15, -0.1) is 24.0 Å². The SMILES string of the molecule is CCNC(=NCc1ccnc(N2CCCCC2)c1)NCc1ccc(Cl)cc1.I. The Morgan fingerprint density at radius 3 is 2.54 bits per heavy atom. The largest absolute Gasteiger partial charge is 0.357 e. The zero-order chi connectivity index (χ0) is 18.9. The number of nitrogens with one attached hydrogen (secondary N) is 2. The molecule has 0 bridgehead atoms. The lowest BCUT2D eigenvalue weighted by Gasteiger charge is -2.27. The van der Waals surface area contributed by atoms with Crippen molar-refractivity contribution in [3.05, 3.63) is 58.7 Å². The van der Waals surface area contributed by atoms with Crippen LogP contribution in [0.4, 0.5) is 5.82 Å². The van der Waals surface area contributed by atoms with E-state index in [-0.39, 0.29) is 24.0 Å². The van der Waals surface area contributed by atoms with Crippen molar-refractivity contribution in [1.29, 1.82) is 0 Å². The molecule has 0 unspecified atom stereocenters. The van der Waals surface area contributed by atoms with Gasteiger partial charge in [0.2, 0.25) is 0 Å². The molecule has 1 aromatic carbocycles. The van der Waals surface area contributed by atoms with Crippen LogP contribution in [0.2, 0.25) is 5.02 Å². The Balaban J connectivity index is 0.00000280. The summed E-state index contributed by atoms with van der Waals surface area (Å²) < 4.78 is 0. The van der Waals surface area contributed by atoms with E-state index in [1.165, 1.54) is 30.4 Å².